The molecular weight excluding hydrogens is 304 g/mol. The van der Waals surface area contributed by atoms with E-state index in [9.17, 15) is 4.79 Å². The number of methoxy groups -OCH3 is 1. The van der Waals surface area contributed by atoms with Gasteiger partial charge in [-0.2, -0.15) is 5.10 Å². The van der Waals surface area contributed by atoms with Crippen molar-refractivity contribution < 1.29 is 4.74 Å². The van der Waals surface area contributed by atoms with Gasteiger partial charge in [0.25, 0.3) is 5.56 Å². The Hall–Kier alpha value is -2.21. The number of nitrogens with one attached hydrogen (secondary N) is 1. The Morgan fingerprint density at radius 3 is 2.68 bits per heavy atom. The zero-order valence-electron chi connectivity index (χ0n) is 12.3. The molecule has 1 aromatic carbocycles. The van der Waals surface area contributed by atoms with E-state index < -0.39 is 0 Å². The largest absolute Gasteiger partial charge is 0.497 e. The minimum absolute atomic E-state index is 0.199. The molecule has 2 aromatic rings. The molecule has 2 heterocycles. The molecule has 1 aliphatic heterocycles. The molecule has 7 heteroatoms. The fourth-order valence-electron chi connectivity index (χ4n) is 2.61. The molecule has 0 aliphatic carbocycles. The van der Waals surface area contributed by atoms with Crippen molar-refractivity contribution in [3.05, 3.63) is 45.8 Å². The van der Waals surface area contributed by atoms with Crippen LogP contribution in [-0.4, -0.2) is 43.5 Å². The molecule has 0 saturated carbocycles. The van der Waals surface area contributed by atoms with E-state index in [0.29, 0.717) is 5.69 Å². The van der Waals surface area contributed by atoms with E-state index >= 15 is 0 Å². The van der Waals surface area contributed by atoms with Crippen LogP contribution >= 0.6 is 11.6 Å². The van der Waals surface area contributed by atoms with Crippen molar-refractivity contribution in [1.82, 2.24) is 10.2 Å². The molecule has 0 bridgehead atoms. The number of rotatable bonds is 3. The standard InChI is InChI=1S/C15H17ClN4O2/c1-22-12-4-2-3-11(9-12)19-5-7-20(8-6-19)13-10-17-18-15(21)14(13)16/h2-4,9-10H,5-8H2,1H3,(H,18,21). The van der Waals surface area contributed by atoms with Crippen LogP contribution in [0.4, 0.5) is 11.4 Å². The lowest BCUT2D eigenvalue weighted by Gasteiger charge is -2.37. The molecule has 3 rings (SSSR count). The van der Waals surface area contributed by atoms with E-state index in [1.807, 2.05) is 18.2 Å². The molecular formula is C15H17ClN4O2. The van der Waals surface area contributed by atoms with Crippen molar-refractivity contribution in [1.29, 1.82) is 0 Å². The second kappa shape index (κ2) is 6.27. The molecule has 6 nitrogen and oxygen atoms in total. The lowest BCUT2D eigenvalue weighted by Crippen LogP contribution is -2.47. The van der Waals surface area contributed by atoms with Gasteiger partial charge in [-0.3, -0.25) is 4.79 Å². The summed E-state index contributed by atoms with van der Waals surface area (Å²) in [6, 6.07) is 8.01. The number of H-pyrrole nitrogens is 1. The number of nitrogens with zero attached hydrogens (tertiary/aromatic N) is 3. The molecule has 1 aromatic heterocycles. The molecule has 1 aliphatic rings. The minimum atomic E-state index is -0.352. The lowest BCUT2D eigenvalue weighted by molar-refractivity contribution is 0.414. The third kappa shape index (κ3) is 2.87. The Balaban J connectivity index is 1.72. The highest BCUT2D eigenvalue weighted by Crippen LogP contribution is 2.25. The molecule has 1 fully saturated rings. The summed E-state index contributed by atoms with van der Waals surface area (Å²) in [5.74, 6) is 0.849. The average molecular weight is 321 g/mol. The van der Waals surface area contributed by atoms with Crippen molar-refractivity contribution >= 4 is 23.0 Å². The van der Waals surface area contributed by atoms with Crippen LogP contribution in [0.5, 0.6) is 5.75 Å². The van der Waals surface area contributed by atoms with Gasteiger partial charge in [0, 0.05) is 37.9 Å². The molecule has 0 atom stereocenters. The van der Waals surface area contributed by atoms with E-state index in [-0.39, 0.29) is 10.6 Å². The Bertz CT molecular complexity index is 711. The maximum atomic E-state index is 11.5. The van der Waals surface area contributed by atoms with Gasteiger partial charge in [0.05, 0.1) is 19.0 Å². The maximum Gasteiger partial charge on any atom is 0.285 e. The normalized spacial score (nSPS) is 15.0. The molecule has 0 spiro atoms. The number of benzene rings is 1. The topological polar surface area (TPSA) is 61.5 Å². The van der Waals surface area contributed by atoms with E-state index in [1.165, 1.54) is 0 Å². The first-order valence-corrected chi connectivity index (χ1v) is 7.44. The first-order chi connectivity index (χ1) is 10.7. The van der Waals surface area contributed by atoms with Gasteiger partial charge in [-0.05, 0) is 12.1 Å². The van der Waals surface area contributed by atoms with Gasteiger partial charge in [0.15, 0.2) is 0 Å². The highest BCUT2D eigenvalue weighted by Gasteiger charge is 2.20. The molecule has 1 N–H and O–H groups in total. The summed E-state index contributed by atoms with van der Waals surface area (Å²) in [5.41, 5.74) is 1.47. The molecule has 1 saturated heterocycles. The van der Waals surface area contributed by atoms with Crippen LogP contribution in [0.2, 0.25) is 5.02 Å². The van der Waals surface area contributed by atoms with Crippen molar-refractivity contribution in [3.8, 4) is 5.75 Å². The molecule has 22 heavy (non-hydrogen) atoms. The number of aromatic amines is 1. The van der Waals surface area contributed by atoms with Crippen LogP contribution in [0, 0.1) is 0 Å². The first-order valence-electron chi connectivity index (χ1n) is 7.06. The van der Waals surface area contributed by atoms with E-state index in [1.54, 1.807) is 13.3 Å². The van der Waals surface area contributed by atoms with Gasteiger partial charge in [-0.25, -0.2) is 5.10 Å². The first kappa shape index (κ1) is 14.7. The third-order valence-corrected chi connectivity index (χ3v) is 4.18. The summed E-state index contributed by atoms with van der Waals surface area (Å²) in [6.07, 6.45) is 1.60. The maximum absolute atomic E-state index is 11.5. The number of hydrogen-bond donors (Lipinski definition) is 1. The van der Waals surface area contributed by atoms with Gasteiger partial charge in [-0.1, -0.05) is 17.7 Å². The smallest absolute Gasteiger partial charge is 0.285 e. The number of aromatic nitrogens is 2. The highest BCUT2D eigenvalue weighted by atomic mass is 35.5. The van der Waals surface area contributed by atoms with Gasteiger partial charge in [0.2, 0.25) is 0 Å². The van der Waals surface area contributed by atoms with Crippen LogP contribution in [-0.2, 0) is 0 Å². The summed E-state index contributed by atoms with van der Waals surface area (Å²) in [5, 5.41) is 6.36. The van der Waals surface area contributed by atoms with Gasteiger partial charge >= 0.3 is 0 Å². The number of hydrogen-bond acceptors (Lipinski definition) is 5. The Kier molecular flexibility index (Phi) is 4.20. The third-order valence-electron chi connectivity index (χ3n) is 3.82. The van der Waals surface area contributed by atoms with Gasteiger partial charge in [-0.15, -0.1) is 0 Å². The SMILES string of the molecule is COc1cccc(N2CCN(c3cn[nH]c(=O)c3Cl)CC2)c1. The van der Waals surface area contributed by atoms with E-state index in [2.05, 4.69) is 26.1 Å². The fraction of sp³-hybridized carbons (Fsp3) is 0.333. The van der Waals surface area contributed by atoms with E-state index in [0.717, 1.165) is 37.6 Å². The monoisotopic (exact) mass is 320 g/mol. The second-order valence-electron chi connectivity index (χ2n) is 5.07. The average Bonchev–Trinajstić information content (AvgIpc) is 2.58. The van der Waals surface area contributed by atoms with Crippen molar-refractivity contribution in [2.45, 2.75) is 0 Å². The summed E-state index contributed by atoms with van der Waals surface area (Å²) in [7, 11) is 1.67. The molecule has 0 unspecified atom stereocenters. The van der Waals surface area contributed by atoms with Crippen molar-refractivity contribution in [2.75, 3.05) is 43.1 Å². The quantitative estimate of drug-likeness (QED) is 0.933. The Labute approximate surface area is 133 Å². The van der Waals surface area contributed by atoms with Crippen LogP contribution in [0.1, 0.15) is 0 Å². The predicted octanol–water partition coefficient (Wildman–Crippen LogP) is 1.76. The highest BCUT2D eigenvalue weighted by molar-refractivity contribution is 6.33. The molecule has 0 radical (unpaired) electrons. The molecule has 116 valence electrons. The zero-order chi connectivity index (χ0) is 15.5. The Morgan fingerprint density at radius 2 is 1.95 bits per heavy atom. The zero-order valence-corrected chi connectivity index (χ0v) is 13.0. The van der Waals surface area contributed by atoms with Crippen LogP contribution in [0.25, 0.3) is 0 Å². The van der Waals surface area contributed by atoms with Gasteiger partial charge in [0.1, 0.15) is 10.8 Å². The number of anilines is 2. The summed E-state index contributed by atoms with van der Waals surface area (Å²) < 4.78 is 5.26. The summed E-state index contributed by atoms with van der Waals surface area (Å²) >= 11 is 6.06. The molecule has 0 amide bonds. The van der Waals surface area contributed by atoms with Crippen molar-refractivity contribution in [2.24, 2.45) is 0 Å². The lowest BCUT2D eigenvalue weighted by atomic mass is 10.2. The van der Waals surface area contributed by atoms with E-state index in [4.69, 9.17) is 16.3 Å². The summed E-state index contributed by atoms with van der Waals surface area (Å²) in [6.45, 7) is 3.25. The van der Waals surface area contributed by atoms with Crippen LogP contribution in [0.3, 0.4) is 0 Å². The number of piperazine rings is 1. The van der Waals surface area contributed by atoms with Gasteiger partial charge < -0.3 is 14.5 Å². The number of ether oxygens (including phenoxy) is 1. The minimum Gasteiger partial charge on any atom is -0.497 e. The Morgan fingerprint density at radius 1 is 1.23 bits per heavy atom. The second-order valence-corrected chi connectivity index (χ2v) is 5.45. The predicted molar refractivity (Wildman–Crippen MR) is 87.3 cm³/mol. The van der Waals surface area contributed by atoms with Crippen LogP contribution in [0.15, 0.2) is 35.3 Å². The number of halogens is 1. The van der Waals surface area contributed by atoms with Crippen molar-refractivity contribution in [3.63, 3.8) is 0 Å². The summed E-state index contributed by atoms with van der Waals surface area (Å²) in [4.78, 5) is 15.9. The van der Waals surface area contributed by atoms with Crippen LogP contribution < -0.4 is 20.1 Å². The fourth-order valence-corrected chi connectivity index (χ4v) is 2.82.